The van der Waals surface area contributed by atoms with E-state index in [1.54, 1.807) is 16.9 Å². The SMILES string of the molecule is [Ge].[Ge][CH2]C[O][Ge]. The van der Waals surface area contributed by atoms with Crippen LogP contribution in [0.3, 0.4) is 0 Å². The summed E-state index contributed by atoms with van der Waals surface area (Å²) in [6.45, 7) is 0.889. The number of hydrogen-bond donors (Lipinski definition) is 0. The summed E-state index contributed by atoms with van der Waals surface area (Å²) in [5.41, 5.74) is 0. The van der Waals surface area contributed by atoms with Gasteiger partial charge in [0, 0.05) is 17.6 Å². The summed E-state index contributed by atoms with van der Waals surface area (Å²) < 4.78 is 4.69. The molecule has 0 spiro atoms. The Hall–Kier alpha value is 1.59. The predicted molar refractivity (Wildman–Crippen MR) is 28.0 cm³/mol. The number of hydrogen-bond acceptors (Lipinski definition) is 1. The van der Waals surface area contributed by atoms with E-state index in [0.29, 0.717) is 0 Å². The molecular formula is C2H4Ge3O. The molecule has 0 heterocycles. The molecule has 30 valence electrons. The molecule has 0 aromatic rings. The van der Waals surface area contributed by atoms with Gasteiger partial charge in [0.1, 0.15) is 0 Å². The molecule has 0 saturated carbocycles. The van der Waals surface area contributed by atoms with Crippen molar-refractivity contribution in [3.63, 3.8) is 0 Å². The third-order valence-corrected chi connectivity index (χ3v) is 1.06. The zero-order chi connectivity index (χ0) is 4.12. The van der Waals surface area contributed by atoms with E-state index in [2.05, 4.69) is 16.5 Å². The molecular weight excluding hydrogens is 258 g/mol. The minimum absolute atomic E-state index is 0. The van der Waals surface area contributed by atoms with Gasteiger partial charge in [0.2, 0.25) is 0 Å². The number of rotatable bonds is 2. The summed E-state index contributed by atoms with van der Waals surface area (Å²) in [7, 11) is 0. The van der Waals surface area contributed by atoms with E-state index in [1.165, 1.54) is 0 Å². The maximum absolute atomic E-state index is 4.69. The van der Waals surface area contributed by atoms with Crippen molar-refractivity contribution in [3.05, 3.63) is 0 Å². The van der Waals surface area contributed by atoms with Gasteiger partial charge in [-0.25, -0.2) is 0 Å². The van der Waals surface area contributed by atoms with E-state index in [1.807, 2.05) is 0 Å². The Labute approximate surface area is 66.3 Å². The zero-order valence-corrected chi connectivity index (χ0v) is 9.62. The van der Waals surface area contributed by atoms with Crippen LogP contribution < -0.4 is 0 Å². The van der Waals surface area contributed by atoms with Crippen LogP contribution in [0.2, 0.25) is 5.25 Å². The van der Waals surface area contributed by atoms with Crippen molar-refractivity contribution in [2.45, 2.75) is 5.25 Å². The first-order chi connectivity index (χ1) is 2.41. The van der Waals surface area contributed by atoms with Gasteiger partial charge in [0.05, 0.1) is 0 Å². The van der Waals surface area contributed by atoms with Crippen LogP contribution in [-0.2, 0) is 3.76 Å². The molecule has 0 rings (SSSR count). The summed E-state index contributed by atoms with van der Waals surface area (Å²) >= 11 is 3.80. The predicted octanol–water partition coefficient (Wildman–Crippen LogP) is -0.708. The average Bonchev–Trinajstić information content (AvgIpc) is 1.41. The monoisotopic (exact) mass is 266 g/mol. The molecule has 1 nitrogen and oxygen atoms in total. The molecule has 0 aromatic heterocycles. The zero-order valence-electron chi connectivity index (χ0n) is 3.32. The van der Waals surface area contributed by atoms with E-state index >= 15 is 0 Å². The van der Waals surface area contributed by atoms with Crippen molar-refractivity contribution in [2.75, 3.05) is 6.61 Å². The van der Waals surface area contributed by atoms with Gasteiger partial charge in [-0.15, -0.1) is 0 Å². The van der Waals surface area contributed by atoms with Crippen LogP contribution in [0, 0.1) is 0 Å². The molecule has 0 N–H and O–H groups in total. The Morgan fingerprint density at radius 3 is 2.00 bits per heavy atom. The van der Waals surface area contributed by atoms with Crippen molar-refractivity contribution in [1.29, 1.82) is 0 Å². The summed E-state index contributed by atoms with van der Waals surface area (Å²) in [4.78, 5) is 0. The fraction of sp³-hybridized carbons (Fsp3) is 1.00. The molecule has 0 aliphatic heterocycles. The Kier molecular flexibility index (Phi) is 17.2. The molecule has 0 aromatic carbocycles. The maximum atomic E-state index is 4.69. The van der Waals surface area contributed by atoms with Gasteiger partial charge in [-0.2, -0.15) is 0 Å². The second kappa shape index (κ2) is 9.77. The first-order valence-electron chi connectivity index (χ1n) is 1.35. The van der Waals surface area contributed by atoms with E-state index < -0.39 is 0 Å². The minimum atomic E-state index is 0. The van der Waals surface area contributed by atoms with Crippen LogP contribution in [0.4, 0.5) is 0 Å². The van der Waals surface area contributed by atoms with Crippen molar-refractivity contribution in [2.24, 2.45) is 0 Å². The van der Waals surface area contributed by atoms with E-state index in [0.717, 1.165) is 11.9 Å². The average molecular weight is 262 g/mol. The van der Waals surface area contributed by atoms with Gasteiger partial charge in [-0.1, -0.05) is 0 Å². The van der Waals surface area contributed by atoms with Gasteiger partial charge < -0.3 is 0 Å². The molecule has 6 heavy (non-hydrogen) atoms. The fourth-order valence-electron chi connectivity index (χ4n) is 0.0510. The Bertz CT molecular complexity index is 16.3. The topological polar surface area (TPSA) is 9.23 Å². The van der Waals surface area contributed by atoms with Crippen molar-refractivity contribution < 1.29 is 3.76 Å². The van der Waals surface area contributed by atoms with Crippen molar-refractivity contribution >= 4 is 51.0 Å². The normalized spacial score (nSPS) is 7.00. The summed E-state index contributed by atoms with van der Waals surface area (Å²) in [6.07, 6.45) is 0. The van der Waals surface area contributed by atoms with Crippen molar-refractivity contribution in [3.8, 4) is 0 Å². The van der Waals surface area contributed by atoms with Gasteiger partial charge in [-0.3, -0.25) is 0 Å². The fourth-order valence-corrected chi connectivity index (χ4v) is 1.38. The molecule has 0 aliphatic rings. The first-order valence-corrected chi connectivity index (χ1v) is 3.69. The molecule has 0 aliphatic carbocycles. The molecule has 4 heteroatoms. The summed E-state index contributed by atoms with van der Waals surface area (Å²) in [5.74, 6) is 0. The van der Waals surface area contributed by atoms with Gasteiger partial charge in [0.15, 0.2) is 0 Å². The standard InChI is InChI=1S/C2H4Ge2O.Ge/c3-1-2-5-4;/h1-2H2;. The molecule has 0 fully saturated rings. The third-order valence-electron chi connectivity index (χ3n) is 0.204. The van der Waals surface area contributed by atoms with Crippen LogP contribution in [-0.4, -0.2) is 57.6 Å². The Balaban J connectivity index is 0. The third kappa shape index (κ3) is 9.14. The molecule has 0 saturated heterocycles. The second-order valence-corrected chi connectivity index (χ2v) is 2.25. The Morgan fingerprint density at radius 1 is 1.50 bits per heavy atom. The molecule has 10 radical (unpaired) electrons. The molecule has 0 bridgehead atoms. The second-order valence-electron chi connectivity index (χ2n) is 0.598. The van der Waals surface area contributed by atoms with Gasteiger partial charge in [-0.05, 0) is 0 Å². The van der Waals surface area contributed by atoms with Gasteiger partial charge in [0.25, 0.3) is 0 Å². The van der Waals surface area contributed by atoms with E-state index in [4.69, 9.17) is 3.76 Å². The Morgan fingerprint density at radius 2 is 2.00 bits per heavy atom. The summed E-state index contributed by atoms with van der Waals surface area (Å²) in [5, 5.41) is 1.12. The summed E-state index contributed by atoms with van der Waals surface area (Å²) in [6, 6.07) is 0. The van der Waals surface area contributed by atoms with Crippen LogP contribution in [0.25, 0.3) is 0 Å². The molecule has 0 amide bonds. The quantitative estimate of drug-likeness (QED) is 0.597. The van der Waals surface area contributed by atoms with Crippen LogP contribution >= 0.6 is 0 Å². The van der Waals surface area contributed by atoms with Gasteiger partial charge >= 0.3 is 49.0 Å². The molecule has 0 atom stereocenters. The van der Waals surface area contributed by atoms with Crippen LogP contribution in [0.1, 0.15) is 0 Å². The first kappa shape index (κ1) is 10.5. The van der Waals surface area contributed by atoms with Crippen LogP contribution in [0.15, 0.2) is 0 Å². The van der Waals surface area contributed by atoms with Crippen LogP contribution in [0.5, 0.6) is 0 Å². The van der Waals surface area contributed by atoms with E-state index in [9.17, 15) is 0 Å². The van der Waals surface area contributed by atoms with E-state index in [-0.39, 0.29) is 17.6 Å². The van der Waals surface area contributed by atoms with Crippen molar-refractivity contribution in [1.82, 2.24) is 0 Å². The molecule has 0 unspecified atom stereocenters.